The van der Waals surface area contributed by atoms with Gasteiger partial charge in [-0.25, -0.2) is 14.4 Å². The molecule has 128 valence electrons. The number of rotatable bonds is 3. The number of hydrogen-bond acceptors (Lipinski definition) is 6. The zero-order valence-corrected chi connectivity index (χ0v) is 13.5. The third-order valence-corrected chi connectivity index (χ3v) is 4.72. The van der Waals surface area contributed by atoms with Crippen LogP contribution >= 0.6 is 0 Å². The highest BCUT2D eigenvalue weighted by molar-refractivity contribution is 5.31. The highest BCUT2D eigenvalue weighted by Gasteiger charge is 2.41. The molecule has 0 aromatic carbocycles. The molecule has 0 amide bonds. The van der Waals surface area contributed by atoms with Gasteiger partial charge < -0.3 is 14.1 Å². The standard InChI is InChI=1S/C17H21FN4O2/c18-14-9-19-16(20-10-14)22-5-2-4-17(13-22)12-21(6-8-24-17)11-15-3-1-7-23-15/h1,3,7,9-10H,2,4-6,8,11-13H2/t17-/m1/s1. The normalized spacial score (nSPS) is 25.3. The largest absolute Gasteiger partial charge is 0.468 e. The van der Waals surface area contributed by atoms with Crippen molar-refractivity contribution < 1.29 is 13.5 Å². The molecular formula is C17H21FN4O2. The lowest BCUT2D eigenvalue weighted by molar-refractivity contribution is -0.117. The summed E-state index contributed by atoms with van der Waals surface area (Å²) >= 11 is 0. The van der Waals surface area contributed by atoms with Gasteiger partial charge in [0.2, 0.25) is 5.95 Å². The molecule has 0 aliphatic carbocycles. The summed E-state index contributed by atoms with van der Waals surface area (Å²) in [6.45, 7) is 4.85. The molecule has 0 unspecified atom stereocenters. The lowest BCUT2D eigenvalue weighted by Gasteiger charge is -2.47. The predicted molar refractivity (Wildman–Crippen MR) is 86.1 cm³/mol. The van der Waals surface area contributed by atoms with Crippen LogP contribution in [0, 0.1) is 5.82 Å². The Hall–Kier alpha value is -1.99. The molecule has 7 heteroatoms. The fourth-order valence-electron chi connectivity index (χ4n) is 3.67. The molecule has 6 nitrogen and oxygen atoms in total. The summed E-state index contributed by atoms with van der Waals surface area (Å²) in [7, 11) is 0. The second kappa shape index (κ2) is 6.49. The van der Waals surface area contributed by atoms with Crippen LogP contribution in [0.5, 0.6) is 0 Å². The number of hydrogen-bond donors (Lipinski definition) is 0. The van der Waals surface area contributed by atoms with Crippen LogP contribution in [0.2, 0.25) is 0 Å². The van der Waals surface area contributed by atoms with Crippen molar-refractivity contribution >= 4 is 5.95 Å². The van der Waals surface area contributed by atoms with E-state index < -0.39 is 5.82 Å². The lowest BCUT2D eigenvalue weighted by Crippen LogP contribution is -2.59. The van der Waals surface area contributed by atoms with Gasteiger partial charge in [-0.15, -0.1) is 0 Å². The molecule has 2 aliphatic heterocycles. The summed E-state index contributed by atoms with van der Waals surface area (Å²) in [5, 5.41) is 0. The molecule has 1 spiro atoms. The lowest BCUT2D eigenvalue weighted by atomic mass is 9.91. The summed E-state index contributed by atoms with van der Waals surface area (Å²) < 4.78 is 24.7. The van der Waals surface area contributed by atoms with E-state index in [1.165, 1.54) is 12.4 Å². The molecule has 0 radical (unpaired) electrons. The Labute approximate surface area is 140 Å². The van der Waals surface area contributed by atoms with Gasteiger partial charge in [0.05, 0.1) is 44.0 Å². The number of nitrogens with zero attached hydrogens (tertiary/aromatic N) is 4. The molecule has 1 atom stereocenters. The molecule has 4 rings (SSSR count). The highest BCUT2D eigenvalue weighted by Crippen LogP contribution is 2.31. The van der Waals surface area contributed by atoms with E-state index in [0.717, 1.165) is 51.3 Å². The van der Waals surface area contributed by atoms with Crippen molar-refractivity contribution in [3.05, 3.63) is 42.4 Å². The van der Waals surface area contributed by atoms with Crippen LogP contribution in [-0.2, 0) is 11.3 Å². The zero-order valence-electron chi connectivity index (χ0n) is 13.5. The van der Waals surface area contributed by atoms with E-state index in [1.807, 2.05) is 12.1 Å². The Morgan fingerprint density at radius 3 is 2.88 bits per heavy atom. The zero-order chi connectivity index (χ0) is 16.4. The van der Waals surface area contributed by atoms with Gasteiger partial charge in [-0.05, 0) is 25.0 Å². The van der Waals surface area contributed by atoms with E-state index in [4.69, 9.17) is 9.15 Å². The van der Waals surface area contributed by atoms with Crippen LogP contribution < -0.4 is 4.90 Å². The Balaban J connectivity index is 1.46. The second-order valence-electron chi connectivity index (χ2n) is 6.55. The molecule has 0 saturated carbocycles. The SMILES string of the molecule is Fc1cnc(N2CCC[C@@]3(CN(Cc4ccco4)CCO3)C2)nc1. The van der Waals surface area contributed by atoms with Crippen molar-refractivity contribution in [1.82, 2.24) is 14.9 Å². The van der Waals surface area contributed by atoms with Gasteiger partial charge in [-0.1, -0.05) is 0 Å². The Morgan fingerprint density at radius 1 is 1.21 bits per heavy atom. The van der Waals surface area contributed by atoms with Gasteiger partial charge in [0.1, 0.15) is 5.76 Å². The molecule has 24 heavy (non-hydrogen) atoms. The maximum atomic E-state index is 13.0. The number of halogens is 1. The van der Waals surface area contributed by atoms with Crippen LogP contribution in [0.25, 0.3) is 0 Å². The van der Waals surface area contributed by atoms with E-state index in [1.54, 1.807) is 6.26 Å². The number of morpholine rings is 1. The molecule has 2 aliphatic rings. The van der Waals surface area contributed by atoms with Gasteiger partial charge >= 0.3 is 0 Å². The fraction of sp³-hybridized carbons (Fsp3) is 0.529. The first kappa shape index (κ1) is 15.5. The summed E-state index contributed by atoms with van der Waals surface area (Å²) in [6.07, 6.45) is 6.16. The third-order valence-electron chi connectivity index (χ3n) is 4.72. The number of ether oxygens (including phenoxy) is 1. The average Bonchev–Trinajstić information content (AvgIpc) is 3.09. The van der Waals surface area contributed by atoms with E-state index in [2.05, 4.69) is 19.8 Å². The molecule has 4 heterocycles. The van der Waals surface area contributed by atoms with Crippen molar-refractivity contribution in [2.75, 3.05) is 37.7 Å². The van der Waals surface area contributed by atoms with Crippen LogP contribution in [0.15, 0.2) is 35.2 Å². The minimum Gasteiger partial charge on any atom is -0.468 e. The second-order valence-corrected chi connectivity index (χ2v) is 6.55. The van der Waals surface area contributed by atoms with Gasteiger partial charge in [0.25, 0.3) is 0 Å². The Morgan fingerprint density at radius 2 is 2.08 bits per heavy atom. The van der Waals surface area contributed by atoms with Gasteiger partial charge in [0.15, 0.2) is 5.82 Å². The van der Waals surface area contributed by atoms with Crippen molar-refractivity contribution in [1.29, 1.82) is 0 Å². The molecule has 0 N–H and O–H groups in total. The number of aromatic nitrogens is 2. The molecule has 2 fully saturated rings. The summed E-state index contributed by atoms with van der Waals surface area (Å²) in [4.78, 5) is 12.7. The smallest absolute Gasteiger partial charge is 0.225 e. The maximum Gasteiger partial charge on any atom is 0.225 e. The van der Waals surface area contributed by atoms with Crippen LogP contribution in [-0.4, -0.2) is 53.3 Å². The quantitative estimate of drug-likeness (QED) is 0.858. The molecule has 2 aromatic heterocycles. The summed E-state index contributed by atoms with van der Waals surface area (Å²) in [5.41, 5.74) is -0.221. The fourth-order valence-corrected chi connectivity index (χ4v) is 3.67. The van der Waals surface area contributed by atoms with Gasteiger partial charge in [0, 0.05) is 19.6 Å². The van der Waals surface area contributed by atoms with E-state index in [-0.39, 0.29) is 5.60 Å². The monoisotopic (exact) mass is 332 g/mol. The Kier molecular flexibility index (Phi) is 4.20. The maximum absolute atomic E-state index is 13.0. The molecule has 2 aromatic rings. The average molecular weight is 332 g/mol. The minimum atomic E-state index is -0.413. The number of furan rings is 1. The summed E-state index contributed by atoms with van der Waals surface area (Å²) in [6, 6.07) is 3.92. The van der Waals surface area contributed by atoms with Crippen molar-refractivity contribution in [2.45, 2.75) is 25.0 Å². The first-order valence-electron chi connectivity index (χ1n) is 8.34. The summed E-state index contributed by atoms with van der Waals surface area (Å²) in [5.74, 6) is 1.13. The number of piperidine rings is 1. The highest BCUT2D eigenvalue weighted by atomic mass is 19.1. The third kappa shape index (κ3) is 3.27. The first-order chi connectivity index (χ1) is 11.7. The predicted octanol–water partition coefficient (Wildman–Crippen LogP) is 2.08. The number of anilines is 1. The first-order valence-corrected chi connectivity index (χ1v) is 8.34. The van der Waals surface area contributed by atoms with Crippen LogP contribution in [0.3, 0.4) is 0 Å². The Bertz CT molecular complexity index is 660. The van der Waals surface area contributed by atoms with Gasteiger partial charge in [-0.3, -0.25) is 4.90 Å². The van der Waals surface area contributed by atoms with E-state index in [0.29, 0.717) is 12.6 Å². The van der Waals surface area contributed by atoms with Crippen molar-refractivity contribution in [3.63, 3.8) is 0 Å². The van der Waals surface area contributed by atoms with Gasteiger partial charge in [-0.2, -0.15) is 0 Å². The minimum absolute atomic E-state index is 0.221. The van der Waals surface area contributed by atoms with E-state index in [9.17, 15) is 4.39 Å². The van der Waals surface area contributed by atoms with Crippen molar-refractivity contribution in [2.24, 2.45) is 0 Å². The van der Waals surface area contributed by atoms with Crippen LogP contribution in [0.1, 0.15) is 18.6 Å². The topological polar surface area (TPSA) is 54.6 Å². The molecular weight excluding hydrogens is 311 g/mol. The molecule has 0 bridgehead atoms. The van der Waals surface area contributed by atoms with E-state index >= 15 is 0 Å². The molecule has 2 saturated heterocycles. The van der Waals surface area contributed by atoms with Crippen molar-refractivity contribution in [3.8, 4) is 0 Å². The van der Waals surface area contributed by atoms with Crippen LogP contribution in [0.4, 0.5) is 10.3 Å².